The van der Waals surface area contributed by atoms with Crippen LogP contribution in [0.25, 0.3) is 0 Å². The van der Waals surface area contributed by atoms with E-state index in [4.69, 9.17) is 21.1 Å². The number of ether oxygens (including phenoxy) is 2. The highest BCUT2D eigenvalue weighted by Crippen LogP contribution is 2.39. The summed E-state index contributed by atoms with van der Waals surface area (Å²) >= 11 is 6.10. The lowest BCUT2D eigenvalue weighted by molar-refractivity contribution is 0.208. The van der Waals surface area contributed by atoms with Gasteiger partial charge in [-0.25, -0.2) is 8.57 Å². The molecule has 1 atom stereocenters. The molecule has 2 aromatic carbocycles. The van der Waals surface area contributed by atoms with Crippen molar-refractivity contribution in [3.05, 3.63) is 37.6 Å². The molecule has 0 saturated carbocycles. The summed E-state index contributed by atoms with van der Waals surface area (Å²) in [7, 11) is -1.53. The highest BCUT2D eigenvalue weighted by molar-refractivity contribution is 7.93. The number of phenolic OH excluding ortho intramolecular Hbond substituents is 1. The van der Waals surface area contributed by atoms with Crippen LogP contribution >= 0.6 is 11.6 Å². The molecule has 0 aliphatic rings. The number of phenols is 1. The standard InChI is InChI=1S/C16H19ClN2O6S/c1-4-25-15-11(13(21)14(15)22)19-10-6-5-9(17)16(12(10)20)26(3,23)18-7-8-24-2/h5-6,19-20H,4,7-8H2,1-3H3. The van der Waals surface area contributed by atoms with Crippen molar-refractivity contribution in [1.82, 2.24) is 0 Å². The van der Waals surface area contributed by atoms with Crippen molar-refractivity contribution >= 4 is 32.7 Å². The van der Waals surface area contributed by atoms with Gasteiger partial charge in [-0.3, -0.25) is 9.59 Å². The quantitative estimate of drug-likeness (QED) is 0.393. The molecule has 2 rings (SSSR count). The predicted molar refractivity (Wildman–Crippen MR) is 100 cm³/mol. The Bertz CT molecular complexity index is 1000. The summed E-state index contributed by atoms with van der Waals surface area (Å²) in [4.78, 5) is 23.2. The minimum absolute atomic E-state index is 0.0584. The zero-order valence-corrected chi connectivity index (χ0v) is 16.1. The number of halogens is 1. The number of methoxy groups -OCH3 is 1. The molecule has 0 aromatic heterocycles. The Labute approximate surface area is 155 Å². The molecular weight excluding hydrogens is 384 g/mol. The molecule has 8 nitrogen and oxygen atoms in total. The van der Waals surface area contributed by atoms with Gasteiger partial charge in [0.05, 0.1) is 40.2 Å². The first-order valence-corrected chi connectivity index (χ1v) is 9.96. The van der Waals surface area contributed by atoms with Crippen LogP contribution in [0.15, 0.2) is 31.0 Å². The number of rotatable bonds is 8. The second kappa shape index (κ2) is 8.07. The van der Waals surface area contributed by atoms with E-state index in [0.29, 0.717) is 0 Å². The molecule has 10 heteroatoms. The maximum Gasteiger partial charge on any atom is 0.272 e. The molecule has 0 heterocycles. The Balaban J connectivity index is 2.47. The SMILES string of the molecule is CCOc1c(Nc2ccc(Cl)c(S(C)(=O)=NCCOC)c2O)c(=O)c1=O. The summed E-state index contributed by atoms with van der Waals surface area (Å²) in [6, 6.07) is 2.82. The highest BCUT2D eigenvalue weighted by atomic mass is 35.5. The van der Waals surface area contributed by atoms with Crippen molar-refractivity contribution < 1.29 is 18.8 Å². The molecule has 0 saturated heterocycles. The largest absolute Gasteiger partial charge is 0.504 e. The number of hydrogen-bond acceptors (Lipinski definition) is 8. The molecular formula is C16H19ClN2O6S. The lowest BCUT2D eigenvalue weighted by atomic mass is 10.2. The number of benzene rings is 1. The fraction of sp³-hybridized carbons (Fsp3) is 0.375. The average molecular weight is 403 g/mol. The third kappa shape index (κ3) is 3.84. The second-order valence-electron chi connectivity index (χ2n) is 5.34. The van der Waals surface area contributed by atoms with Gasteiger partial charge in [0.1, 0.15) is 10.6 Å². The van der Waals surface area contributed by atoms with Gasteiger partial charge in [-0.15, -0.1) is 0 Å². The average Bonchev–Trinajstić information content (AvgIpc) is 2.59. The summed E-state index contributed by atoms with van der Waals surface area (Å²) in [6.07, 6.45) is 1.34. The zero-order valence-electron chi connectivity index (χ0n) is 14.5. The fourth-order valence-electron chi connectivity index (χ4n) is 2.28. The number of aromatic hydroxyl groups is 1. The Morgan fingerprint density at radius 3 is 2.62 bits per heavy atom. The van der Waals surface area contributed by atoms with Crippen molar-refractivity contribution in [3.63, 3.8) is 0 Å². The van der Waals surface area contributed by atoms with Gasteiger partial charge in [0.15, 0.2) is 11.5 Å². The molecule has 142 valence electrons. The first-order valence-electron chi connectivity index (χ1n) is 7.66. The van der Waals surface area contributed by atoms with E-state index in [-0.39, 0.29) is 46.8 Å². The molecule has 26 heavy (non-hydrogen) atoms. The van der Waals surface area contributed by atoms with Crippen LogP contribution in [-0.2, 0) is 14.5 Å². The monoisotopic (exact) mass is 402 g/mol. The molecule has 0 radical (unpaired) electrons. The summed E-state index contributed by atoms with van der Waals surface area (Å²) in [5.41, 5.74) is -1.50. The predicted octanol–water partition coefficient (Wildman–Crippen LogP) is 1.89. The van der Waals surface area contributed by atoms with Gasteiger partial charge in [-0.05, 0) is 19.1 Å². The molecule has 0 aliphatic heterocycles. The molecule has 0 bridgehead atoms. The van der Waals surface area contributed by atoms with E-state index < -0.39 is 26.3 Å². The molecule has 0 spiro atoms. The molecule has 1 unspecified atom stereocenters. The van der Waals surface area contributed by atoms with Gasteiger partial charge in [-0.1, -0.05) is 11.6 Å². The van der Waals surface area contributed by atoms with Crippen LogP contribution in [0.5, 0.6) is 11.5 Å². The van der Waals surface area contributed by atoms with Gasteiger partial charge in [0.25, 0.3) is 10.9 Å². The number of nitrogens with one attached hydrogen (secondary N) is 1. The minimum atomic E-state index is -3.02. The maximum atomic E-state index is 12.9. The van der Waals surface area contributed by atoms with E-state index in [2.05, 4.69) is 9.68 Å². The van der Waals surface area contributed by atoms with Crippen LogP contribution in [0, 0.1) is 0 Å². The van der Waals surface area contributed by atoms with Gasteiger partial charge >= 0.3 is 0 Å². The van der Waals surface area contributed by atoms with Gasteiger partial charge in [0.2, 0.25) is 0 Å². The number of hydrogen-bond donors (Lipinski definition) is 2. The summed E-state index contributed by atoms with van der Waals surface area (Å²) < 4.78 is 26.9. The highest BCUT2D eigenvalue weighted by Gasteiger charge is 2.25. The zero-order chi connectivity index (χ0) is 19.5. The van der Waals surface area contributed by atoms with Gasteiger partial charge in [-0.2, -0.15) is 0 Å². The Kier molecular flexibility index (Phi) is 6.27. The van der Waals surface area contributed by atoms with Crippen molar-refractivity contribution in [2.24, 2.45) is 4.36 Å². The summed E-state index contributed by atoms with van der Waals surface area (Å²) in [5, 5.41) is 13.2. The molecule has 2 N–H and O–H groups in total. The van der Waals surface area contributed by atoms with E-state index in [1.807, 2.05) is 0 Å². The van der Waals surface area contributed by atoms with Crippen molar-refractivity contribution in [1.29, 1.82) is 0 Å². The summed E-state index contributed by atoms with van der Waals surface area (Å²) in [5.74, 6) is -0.517. The third-order valence-electron chi connectivity index (χ3n) is 3.51. The normalized spacial score (nSPS) is 13.4. The van der Waals surface area contributed by atoms with Crippen LogP contribution in [0.2, 0.25) is 5.02 Å². The molecule has 0 fully saturated rings. The molecule has 0 amide bonds. The van der Waals surface area contributed by atoms with Gasteiger partial charge in [0, 0.05) is 13.4 Å². The minimum Gasteiger partial charge on any atom is -0.504 e. The fourth-order valence-corrected chi connectivity index (χ4v) is 4.31. The van der Waals surface area contributed by atoms with E-state index in [9.17, 15) is 18.9 Å². The Hall–Kier alpha value is -2.10. The lowest BCUT2D eigenvalue weighted by Gasteiger charge is -2.17. The Morgan fingerprint density at radius 2 is 2.00 bits per heavy atom. The molecule has 0 aliphatic carbocycles. The van der Waals surface area contributed by atoms with Crippen molar-refractivity contribution in [3.8, 4) is 11.5 Å². The number of anilines is 2. The topological polar surface area (TPSA) is 114 Å². The van der Waals surface area contributed by atoms with Crippen LogP contribution in [-0.4, -0.2) is 42.4 Å². The first-order chi connectivity index (χ1) is 12.2. The van der Waals surface area contributed by atoms with Gasteiger partial charge < -0.3 is 19.9 Å². The van der Waals surface area contributed by atoms with Crippen LogP contribution in [0.3, 0.4) is 0 Å². The maximum absolute atomic E-state index is 12.9. The Morgan fingerprint density at radius 1 is 1.31 bits per heavy atom. The lowest BCUT2D eigenvalue weighted by Crippen LogP contribution is -2.35. The van der Waals surface area contributed by atoms with Crippen molar-refractivity contribution in [2.45, 2.75) is 11.8 Å². The second-order valence-corrected chi connectivity index (χ2v) is 8.02. The van der Waals surface area contributed by atoms with E-state index in [0.717, 1.165) is 0 Å². The third-order valence-corrected chi connectivity index (χ3v) is 5.78. The van der Waals surface area contributed by atoms with E-state index in [1.54, 1.807) is 6.92 Å². The van der Waals surface area contributed by atoms with E-state index >= 15 is 0 Å². The van der Waals surface area contributed by atoms with Crippen LogP contribution < -0.4 is 20.9 Å². The first kappa shape index (κ1) is 20.2. The number of nitrogens with zero attached hydrogens (tertiary/aromatic N) is 1. The van der Waals surface area contributed by atoms with Crippen molar-refractivity contribution in [2.75, 3.05) is 38.4 Å². The van der Waals surface area contributed by atoms with Crippen LogP contribution in [0.1, 0.15) is 6.92 Å². The molecule has 2 aromatic rings. The smallest absolute Gasteiger partial charge is 0.272 e. The summed E-state index contributed by atoms with van der Waals surface area (Å²) in [6.45, 7) is 2.30. The van der Waals surface area contributed by atoms with Crippen LogP contribution in [0.4, 0.5) is 11.4 Å². The van der Waals surface area contributed by atoms with E-state index in [1.165, 1.54) is 25.5 Å².